The van der Waals surface area contributed by atoms with E-state index in [-0.39, 0.29) is 11.9 Å². The lowest BCUT2D eigenvalue weighted by molar-refractivity contribution is -0.264. The summed E-state index contributed by atoms with van der Waals surface area (Å²) in [6.07, 6.45) is 1.40. The summed E-state index contributed by atoms with van der Waals surface area (Å²) in [7, 11) is -4.54. The van der Waals surface area contributed by atoms with Crippen LogP contribution in [0.25, 0.3) is 0 Å². The zero-order valence-electron chi connectivity index (χ0n) is 22.2. The number of carbonyl (C=O) groups is 1. The van der Waals surface area contributed by atoms with Crippen molar-refractivity contribution >= 4 is 13.7 Å². The highest BCUT2D eigenvalue weighted by Gasteiger charge is 2.44. The van der Waals surface area contributed by atoms with Crippen LogP contribution in [0, 0.1) is 0 Å². The highest BCUT2D eigenvalue weighted by molar-refractivity contribution is 7.52. The quantitative estimate of drug-likeness (QED) is 0.188. The number of aliphatic hydroxyl groups is 2. The van der Waals surface area contributed by atoms with Gasteiger partial charge in [-0.25, -0.2) is 13.8 Å². The van der Waals surface area contributed by atoms with Crippen molar-refractivity contribution in [2.24, 2.45) is 0 Å². The van der Waals surface area contributed by atoms with Crippen molar-refractivity contribution in [1.82, 2.24) is 14.6 Å². The predicted octanol–water partition coefficient (Wildman–Crippen LogP) is 2.15. The van der Waals surface area contributed by atoms with Crippen molar-refractivity contribution < 1.29 is 42.5 Å². The van der Waals surface area contributed by atoms with Crippen molar-refractivity contribution in [2.75, 3.05) is 13.2 Å². The molecule has 0 bridgehead atoms. The van der Waals surface area contributed by atoms with E-state index in [1.165, 1.54) is 19.1 Å². The summed E-state index contributed by atoms with van der Waals surface area (Å²) in [4.78, 5) is 38.1. The molecule has 1 aromatic heterocycles. The third kappa shape index (κ3) is 8.82. The van der Waals surface area contributed by atoms with E-state index in [9.17, 15) is 29.2 Å². The minimum atomic E-state index is -4.54. The Hall–Kier alpha value is -2.87. The first-order valence-corrected chi connectivity index (χ1v) is 14.4. The molecule has 13 nitrogen and oxygen atoms in total. The third-order valence-corrected chi connectivity index (χ3v) is 7.84. The zero-order valence-corrected chi connectivity index (χ0v) is 23.1. The minimum absolute atomic E-state index is 0.0710. The van der Waals surface area contributed by atoms with Gasteiger partial charge in [0.2, 0.25) is 0 Å². The van der Waals surface area contributed by atoms with Gasteiger partial charge in [0.25, 0.3) is 11.4 Å². The first-order chi connectivity index (χ1) is 18.9. The Labute approximate surface area is 229 Å². The number of hydrogen-bond donors (Lipinski definition) is 4. The lowest BCUT2D eigenvalue weighted by Gasteiger charge is -2.33. The first-order valence-electron chi connectivity index (χ1n) is 12.9. The molecular weight excluding hydrogens is 552 g/mol. The Morgan fingerprint density at radius 3 is 2.48 bits per heavy atom. The molecule has 1 fully saturated rings. The average molecular weight is 588 g/mol. The maximum atomic E-state index is 15.9. The number of aromatic nitrogens is 2. The summed E-state index contributed by atoms with van der Waals surface area (Å²) < 4.78 is 51.9. The normalized spacial score (nSPS) is 19.5. The lowest BCUT2D eigenvalue weighted by atomic mass is 9.98. The van der Waals surface area contributed by atoms with Crippen LogP contribution in [-0.2, 0) is 23.4 Å². The highest BCUT2D eigenvalue weighted by Crippen LogP contribution is 2.46. The predicted molar refractivity (Wildman–Crippen MR) is 140 cm³/mol. The van der Waals surface area contributed by atoms with E-state index in [2.05, 4.69) is 5.09 Å². The van der Waals surface area contributed by atoms with Crippen molar-refractivity contribution in [3.63, 3.8) is 0 Å². The standard InChI is InChI=1S/C25H35FN3O10P/c1-17(23(33)37-19-9-5-3-6-10-19)28-40(35,39-20-11-7-4-8-12-20)36-16-25(26,18(2)31)38-22(15-30)29-14-13-21(32)27-24(29)34/h4,7-8,11-14,17-19,22,30-31H,3,5-6,9-10,15-16H2,1-2H3,(H,28,35)(H,27,32,34)/t17?,18-,22+,25+,40-/m0/s1. The Balaban J connectivity index is 1.79. The summed E-state index contributed by atoms with van der Waals surface area (Å²) in [5.74, 6) is -3.78. The lowest BCUT2D eigenvalue weighted by Crippen LogP contribution is -2.48. The van der Waals surface area contributed by atoms with Gasteiger partial charge < -0.3 is 24.2 Å². The van der Waals surface area contributed by atoms with E-state index < -0.39 is 62.4 Å². The molecule has 15 heteroatoms. The highest BCUT2D eigenvalue weighted by atomic mass is 31.2. The van der Waals surface area contributed by atoms with Gasteiger partial charge in [0.15, 0.2) is 6.23 Å². The van der Waals surface area contributed by atoms with E-state index in [1.807, 2.05) is 4.98 Å². The molecule has 222 valence electrons. The number of benzene rings is 1. The maximum absolute atomic E-state index is 15.9. The molecule has 0 saturated heterocycles. The van der Waals surface area contributed by atoms with Crippen LogP contribution in [0.3, 0.4) is 0 Å². The topological polar surface area (TPSA) is 178 Å². The third-order valence-electron chi connectivity index (χ3n) is 6.21. The molecule has 0 amide bonds. The van der Waals surface area contributed by atoms with Gasteiger partial charge in [-0.1, -0.05) is 24.6 Å². The smallest absolute Gasteiger partial charge is 0.459 e. The summed E-state index contributed by atoms with van der Waals surface area (Å²) >= 11 is 0. The number of para-hydroxylation sites is 1. The number of hydrogen-bond acceptors (Lipinski definition) is 10. The number of aliphatic hydroxyl groups excluding tert-OH is 2. The van der Waals surface area contributed by atoms with Gasteiger partial charge in [-0.3, -0.25) is 23.7 Å². The molecule has 1 aliphatic carbocycles. The molecule has 0 aliphatic heterocycles. The summed E-state index contributed by atoms with van der Waals surface area (Å²) in [5.41, 5.74) is -1.74. The van der Waals surface area contributed by atoms with E-state index in [0.717, 1.165) is 38.4 Å². The molecule has 1 heterocycles. The van der Waals surface area contributed by atoms with Crippen LogP contribution in [0.4, 0.5) is 4.39 Å². The van der Waals surface area contributed by atoms with Crippen LogP contribution >= 0.6 is 7.75 Å². The van der Waals surface area contributed by atoms with Gasteiger partial charge in [-0.05, 0) is 51.7 Å². The monoisotopic (exact) mass is 587 g/mol. The van der Waals surface area contributed by atoms with E-state index in [4.69, 9.17) is 18.5 Å². The van der Waals surface area contributed by atoms with E-state index >= 15 is 4.39 Å². The van der Waals surface area contributed by atoms with Crippen LogP contribution in [-0.4, -0.2) is 63.1 Å². The van der Waals surface area contributed by atoms with Crippen LogP contribution in [0.15, 0.2) is 52.2 Å². The van der Waals surface area contributed by atoms with Crippen molar-refractivity contribution in [1.29, 1.82) is 0 Å². The number of nitrogens with zero attached hydrogens (tertiary/aromatic N) is 1. The fraction of sp³-hybridized carbons (Fsp3) is 0.560. The van der Waals surface area contributed by atoms with E-state index in [1.54, 1.807) is 18.2 Å². The molecular formula is C25H35FN3O10P. The Morgan fingerprint density at radius 2 is 1.88 bits per heavy atom. The number of rotatable bonds is 14. The fourth-order valence-corrected chi connectivity index (χ4v) is 5.44. The van der Waals surface area contributed by atoms with E-state index in [0.29, 0.717) is 17.4 Å². The van der Waals surface area contributed by atoms with Crippen LogP contribution in [0.2, 0.25) is 0 Å². The van der Waals surface area contributed by atoms with Gasteiger partial charge in [0, 0.05) is 12.3 Å². The number of esters is 1. The number of carbonyl (C=O) groups excluding carboxylic acids is 1. The number of ether oxygens (including phenoxy) is 2. The molecule has 4 N–H and O–H groups in total. The molecule has 5 atom stereocenters. The van der Waals surface area contributed by atoms with Gasteiger partial charge >= 0.3 is 19.4 Å². The van der Waals surface area contributed by atoms with Crippen LogP contribution in [0.5, 0.6) is 5.75 Å². The number of H-pyrrole nitrogens is 1. The summed E-state index contributed by atoms with van der Waals surface area (Å²) in [5, 5.41) is 22.4. The molecule has 0 spiro atoms. The molecule has 1 unspecified atom stereocenters. The molecule has 1 aromatic carbocycles. The maximum Gasteiger partial charge on any atom is 0.459 e. The molecule has 1 saturated carbocycles. The first kappa shape index (κ1) is 31.7. The molecule has 0 radical (unpaired) electrons. The minimum Gasteiger partial charge on any atom is -0.461 e. The SMILES string of the molecule is CC(N[P@](=O)(OC[C@@](F)(O[C@H](CO)n1ccc(=O)[nH]c1=O)[C@H](C)O)Oc1ccccc1)C(=O)OC1CCCCC1. The molecule has 1 aliphatic rings. The summed E-state index contributed by atoms with van der Waals surface area (Å²) in [6.45, 7) is 0.230. The van der Waals surface area contributed by atoms with Gasteiger partial charge in [-0.2, -0.15) is 5.09 Å². The van der Waals surface area contributed by atoms with Gasteiger partial charge in [0.05, 0.1) is 6.61 Å². The van der Waals surface area contributed by atoms with Crippen LogP contribution in [0.1, 0.15) is 52.2 Å². The Bertz CT molecular complexity index is 1270. The van der Waals surface area contributed by atoms with Crippen molar-refractivity contribution in [3.05, 3.63) is 63.4 Å². The Morgan fingerprint density at radius 1 is 1.20 bits per heavy atom. The Kier molecular flexibility index (Phi) is 11.2. The molecule has 2 aromatic rings. The number of alkyl halides is 1. The molecule has 40 heavy (non-hydrogen) atoms. The second-order valence-electron chi connectivity index (χ2n) is 9.46. The largest absolute Gasteiger partial charge is 0.461 e. The van der Waals surface area contributed by atoms with Crippen molar-refractivity contribution in [2.45, 2.75) is 76.3 Å². The van der Waals surface area contributed by atoms with Crippen LogP contribution < -0.4 is 20.9 Å². The zero-order chi connectivity index (χ0) is 29.3. The average Bonchev–Trinajstić information content (AvgIpc) is 2.92. The fourth-order valence-electron chi connectivity index (χ4n) is 3.94. The van der Waals surface area contributed by atoms with Gasteiger partial charge in [0.1, 0.15) is 30.6 Å². The van der Waals surface area contributed by atoms with Crippen molar-refractivity contribution in [3.8, 4) is 5.75 Å². The second kappa shape index (κ2) is 14.2. The van der Waals surface area contributed by atoms with Gasteiger partial charge in [-0.15, -0.1) is 0 Å². The summed E-state index contributed by atoms with van der Waals surface area (Å²) in [6, 6.07) is 7.54. The number of halogens is 1. The number of nitrogens with one attached hydrogen (secondary N) is 2. The second-order valence-corrected chi connectivity index (χ2v) is 11.2. The number of aromatic amines is 1. The molecule has 3 rings (SSSR count).